The molecule has 3 aromatic rings. The number of hydrogen-bond donors (Lipinski definition) is 1. The number of hydrogen-bond acceptors (Lipinski definition) is 3. The number of aryl methyl sites for hydroxylation is 3. The highest BCUT2D eigenvalue weighted by molar-refractivity contribution is 8.00. The Morgan fingerprint density at radius 1 is 1.07 bits per heavy atom. The lowest BCUT2D eigenvalue weighted by Gasteiger charge is -2.08. The van der Waals surface area contributed by atoms with Crippen LogP contribution in [0.1, 0.15) is 22.5 Å². The number of carbonyl (C=O) groups excluding carboxylic acids is 1. The van der Waals surface area contributed by atoms with Gasteiger partial charge in [0.25, 0.3) is 0 Å². The number of carbonyl (C=O) groups is 1. The van der Waals surface area contributed by atoms with Gasteiger partial charge in [-0.1, -0.05) is 30.3 Å². The van der Waals surface area contributed by atoms with Crippen LogP contribution in [0, 0.1) is 20.8 Å². The molecule has 5 heteroatoms. The molecule has 0 bridgehead atoms. The Morgan fingerprint density at radius 2 is 1.81 bits per heavy atom. The fraction of sp³-hybridized carbons (Fsp3) is 0.273. The van der Waals surface area contributed by atoms with E-state index in [1.807, 2.05) is 23.7 Å². The third-order valence-corrected chi connectivity index (χ3v) is 5.55. The van der Waals surface area contributed by atoms with Crippen LogP contribution in [-0.2, 0) is 11.2 Å². The zero-order valence-corrected chi connectivity index (χ0v) is 16.8. The minimum atomic E-state index is 0.0718. The van der Waals surface area contributed by atoms with Gasteiger partial charge in [-0.15, -0.1) is 11.8 Å². The van der Waals surface area contributed by atoms with E-state index < -0.39 is 0 Å². The second-order valence-electron chi connectivity index (χ2n) is 6.66. The number of nitrogens with one attached hydrogen (secondary N) is 1. The molecule has 0 fully saturated rings. The minimum absolute atomic E-state index is 0.0718. The molecule has 140 valence electrons. The monoisotopic (exact) mass is 379 g/mol. The Bertz CT molecular complexity index is 916. The van der Waals surface area contributed by atoms with Crippen LogP contribution in [0.25, 0.3) is 5.69 Å². The predicted octanol–water partition coefficient (Wildman–Crippen LogP) is 4.25. The van der Waals surface area contributed by atoms with Crippen LogP contribution in [0.4, 0.5) is 0 Å². The van der Waals surface area contributed by atoms with Crippen molar-refractivity contribution in [1.29, 1.82) is 0 Å². The van der Waals surface area contributed by atoms with E-state index in [9.17, 15) is 4.79 Å². The lowest BCUT2D eigenvalue weighted by atomic mass is 10.1. The maximum absolute atomic E-state index is 12.1. The van der Waals surface area contributed by atoms with Crippen molar-refractivity contribution in [3.8, 4) is 5.69 Å². The average molecular weight is 380 g/mol. The molecular weight excluding hydrogens is 354 g/mol. The summed E-state index contributed by atoms with van der Waals surface area (Å²) in [6.07, 6.45) is 0.818. The summed E-state index contributed by atoms with van der Waals surface area (Å²) >= 11 is 1.58. The second kappa shape index (κ2) is 8.91. The molecule has 0 saturated carbocycles. The van der Waals surface area contributed by atoms with Crippen LogP contribution in [0.3, 0.4) is 0 Å². The Hall–Kier alpha value is -2.53. The molecule has 0 atom stereocenters. The van der Waals surface area contributed by atoms with E-state index in [0.717, 1.165) is 28.4 Å². The van der Waals surface area contributed by atoms with Gasteiger partial charge in [-0.25, -0.2) is 4.68 Å². The molecule has 0 aliphatic heterocycles. The van der Waals surface area contributed by atoms with Crippen molar-refractivity contribution in [2.75, 3.05) is 12.3 Å². The zero-order chi connectivity index (χ0) is 19.2. The second-order valence-corrected chi connectivity index (χ2v) is 7.68. The van der Waals surface area contributed by atoms with Crippen molar-refractivity contribution in [3.63, 3.8) is 0 Å². The van der Waals surface area contributed by atoms with Crippen molar-refractivity contribution in [2.24, 2.45) is 0 Å². The van der Waals surface area contributed by atoms with Crippen LogP contribution >= 0.6 is 11.8 Å². The van der Waals surface area contributed by atoms with Gasteiger partial charge in [0.1, 0.15) is 0 Å². The third kappa shape index (κ3) is 5.23. The van der Waals surface area contributed by atoms with Crippen molar-refractivity contribution in [1.82, 2.24) is 15.1 Å². The summed E-state index contributed by atoms with van der Waals surface area (Å²) in [4.78, 5) is 13.2. The first-order valence-electron chi connectivity index (χ1n) is 9.10. The summed E-state index contributed by atoms with van der Waals surface area (Å²) < 4.78 is 1.95. The molecule has 0 aliphatic carbocycles. The number of benzene rings is 2. The summed E-state index contributed by atoms with van der Waals surface area (Å²) in [5, 5.41) is 7.51. The first-order chi connectivity index (χ1) is 13.0. The molecule has 27 heavy (non-hydrogen) atoms. The van der Waals surface area contributed by atoms with Crippen LogP contribution in [0.5, 0.6) is 0 Å². The SMILES string of the molecule is Cc1cc(C)n(-c2ccc(CCNC(=O)CSc3ccccc3C)cc2)n1. The van der Waals surface area contributed by atoms with Crippen LogP contribution in [0.2, 0.25) is 0 Å². The number of aromatic nitrogens is 2. The van der Waals surface area contributed by atoms with Gasteiger partial charge in [0.2, 0.25) is 5.91 Å². The molecule has 1 heterocycles. The van der Waals surface area contributed by atoms with Crippen molar-refractivity contribution >= 4 is 17.7 Å². The molecule has 1 amide bonds. The molecule has 0 saturated heterocycles. The van der Waals surface area contributed by atoms with Gasteiger partial charge in [-0.3, -0.25) is 4.79 Å². The van der Waals surface area contributed by atoms with Crippen LogP contribution in [-0.4, -0.2) is 28.0 Å². The van der Waals surface area contributed by atoms with Gasteiger partial charge in [-0.2, -0.15) is 5.10 Å². The van der Waals surface area contributed by atoms with Crippen molar-refractivity contribution < 1.29 is 4.79 Å². The highest BCUT2D eigenvalue weighted by Gasteiger charge is 2.06. The molecule has 2 aromatic carbocycles. The number of thioether (sulfide) groups is 1. The maximum Gasteiger partial charge on any atom is 0.230 e. The van der Waals surface area contributed by atoms with Crippen LogP contribution < -0.4 is 5.32 Å². The molecule has 4 nitrogen and oxygen atoms in total. The zero-order valence-electron chi connectivity index (χ0n) is 16.0. The van der Waals surface area contributed by atoms with Crippen LogP contribution in [0.15, 0.2) is 59.5 Å². The van der Waals surface area contributed by atoms with E-state index in [1.165, 1.54) is 11.1 Å². The molecule has 0 unspecified atom stereocenters. The predicted molar refractivity (Wildman–Crippen MR) is 112 cm³/mol. The smallest absolute Gasteiger partial charge is 0.230 e. The first-order valence-corrected chi connectivity index (χ1v) is 10.1. The van der Waals surface area contributed by atoms with Gasteiger partial charge in [0.05, 0.1) is 17.1 Å². The fourth-order valence-corrected chi connectivity index (χ4v) is 3.81. The molecule has 0 spiro atoms. The molecule has 1 N–H and O–H groups in total. The Balaban J connectivity index is 1.45. The molecule has 1 aromatic heterocycles. The normalized spacial score (nSPS) is 10.8. The summed E-state index contributed by atoms with van der Waals surface area (Å²) in [7, 11) is 0. The van der Waals surface area contributed by atoms with Crippen molar-refractivity contribution in [3.05, 3.63) is 77.1 Å². The first kappa shape index (κ1) is 19.2. The molecular formula is C22H25N3OS. The average Bonchev–Trinajstić information content (AvgIpc) is 3.00. The summed E-state index contributed by atoms with van der Waals surface area (Å²) in [5.74, 6) is 0.518. The topological polar surface area (TPSA) is 46.9 Å². The molecule has 0 aliphatic rings. The lowest BCUT2D eigenvalue weighted by Crippen LogP contribution is -2.27. The lowest BCUT2D eigenvalue weighted by molar-refractivity contribution is -0.118. The maximum atomic E-state index is 12.1. The van der Waals surface area contributed by atoms with E-state index in [4.69, 9.17) is 0 Å². The summed E-state index contributed by atoms with van der Waals surface area (Å²) in [6.45, 7) is 6.76. The standard InChI is InChI=1S/C22H25N3OS/c1-16-6-4-5-7-21(16)27-15-22(26)23-13-12-19-8-10-20(11-9-19)25-18(3)14-17(2)24-25/h4-11,14H,12-13,15H2,1-3H3,(H,23,26). The quantitative estimate of drug-likeness (QED) is 0.624. The number of nitrogens with zero attached hydrogens (tertiary/aromatic N) is 2. The number of rotatable bonds is 7. The van der Waals surface area contributed by atoms with Gasteiger partial charge < -0.3 is 5.32 Å². The summed E-state index contributed by atoms with van der Waals surface area (Å²) in [6, 6.07) is 18.5. The highest BCUT2D eigenvalue weighted by Crippen LogP contribution is 2.21. The molecule has 0 radical (unpaired) electrons. The Morgan fingerprint density at radius 3 is 2.48 bits per heavy atom. The van der Waals surface area contributed by atoms with E-state index in [-0.39, 0.29) is 5.91 Å². The summed E-state index contributed by atoms with van der Waals surface area (Å²) in [5.41, 5.74) is 5.61. The Kier molecular flexibility index (Phi) is 6.35. The van der Waals surface area contributed by atoms with E-state index in [0.29, 0.717) is 12.3 Å². The van der Waals surface area contributed by atoms with Gasteiger partial charge in [0, 0.05) is 17.1 Å². The van der Waals surface area contributed by atoms with Gasteiger partial charge >= 0.3 is 0 Å². The largest absolute Gasteiger partial charge is 0.355 e. The van der Waals surface area contributed by atoms with Gasteiger partial charge in [0.15, 0.2) is 0 Å². The van der Waals surface area contributed by atoms with Crippen molar-refractivity contribution in [2.45, 2.75) is 32.1 Å². The molecule has 3 rings (SSSR count). The third-order valence-electron chi connectivity index (χ3n) is 4.38. The minimum Gasteiger partial charge on any atom is -0.355 e. The fourth-order valence-electron chi connectivity index (χ4n) is 2.95. The highest BCUT2D eigenvalue weighted by atomic mass is 32.2. The number of amides is 1. The van der Waals surface area contributed by atoms with E-state index in [2.05, 4.69) is 66.7 Å². The Labute approximate surface area is 165 Å². The van der Waals surface area contributed by atoms with E-state index in [1.54, 1.807) is 11.8 Å². The van der Waals surface area contributed by atoms with E-state index >= 15 is 0 Å². The van der Waals surface area contributed by atoms with Gasteiger partial charge in [-0.05, 0) is 62.6 Å².